The van der Waals surface area contributed by atoms with Gasteiger partial charge in [-0.1, -0.05) is 5.92 Å². The molecule has 0 atom stereocenters. The molecule has 1 aromatic rings. The fourth-order valence-electron chi connectivity index (χ4n) is 0.761. The summed E-state index contributed by atoms with van der Waals surface area (Å²) in [6, 6.07) is 0.773. The first-order chi connectivity index (χ1) is 6.24. The lowest BCUT2D eigenvalue weighted by Gasteiger charge is -2.01. The average Bonchev–Trinajstić information content (AvgIpc) is 2.09. The molecule has 1 rings (SSSR count). The number of anilines is 1. The van der Waals surface area contributed by atoms with E-state index in [-0.39, 0.29) is 5.82 Å². The van der Waals surface area contributed by atoms with Crippen LogP contribution in [0.2, 0.25) is 0 Å². The molecule has 1 N–H and O–H groups in total. The number of nitrogens with zero attached hydrogens (tertiary/aromatic N) is 1. The van der Waals surface area contributed by atoms with Gasteiger partial charge in [-0.3, -0.25) is 0 Å². The van der Waals surface area contributed by atoms with Crippen LogP contribution in [0.5, 0.6) is 0 Å². The second-order valence-corrected chi connectivity index (χ2v) is 2.26. The number of halogens is 2. The number of pyridine rings is 1. The van der Waals surface area contributed by atoms with E-state index in [0.717, 1.165) is 12.3 Å². The highest BCUT2D eigenvalue weighted by atomic mass is 19.1. The predicted molar refractivity (Wildman–Crippen MR) is 46.1 cm³/mol. The smallest absolute Gasteiger partial charge is 0.168 e. The molecule has 0 unspecified atom stereocenters. The molecular formula is C9H8F2N2. The second-order valence-electron chi connectivity index (χ2n) is 2.26. The third kappa shape index (κ3) is 2.71. The van der Waals surface area contributed by atoms with Gasteiger partial charge in [0, 0.05) is 6.07 Å². The van der Waals surface area contributed by atoms with Crippen LogP contribution >= 0.6 is 0 Å². The summed E-state index contributed by atoms with van der Waals surface area (Å²) in [5.41, 5.74) is 0. The first kappa shape index (κ1) is 9.46. The van der Waals surface area contributed by atoms with E-state index in [9.17, 15) is 8.78 Å². The van der Waals surface area contributed by atoms with Gasteiger partial charge in [0.25, 0.3) is 0 Å². The Bertz CT molecular complexity index is 352. The Morgan fingerprint density at radius 1 is 1.54 bits per heavy atom. The van der Waals surface area contributed by atoms with Gasteiger partial charge in [-0.2, -0.15) is 0 Å². The van der Waals surface area contributed by atoms with E-state index in [4.69, 9.17) is 0 Å². The maximum absolute atomic E-state index is 12.9. The van der Waals surface area contributed by atoms with Gasteiger partial charge >= 0.3 is 0 Å². The van der Waals surface area contributed by atoms with Crippen LogP contribution in [-0.4, -0.2) is 11.5 Å². The topological polar surface area (TPSA) is 24.9 Å². The highest BCUT2D eigenvalue weighted by molar-refractivity contribution is 5.37. The standard InChI is InChI=1S/C9H8F2N2/c1-2-3-4-12-9-8(11)5-7(10)6-13-9/h5-6H,4H2,1H3,(H,12,13). The minimum absolute atomic E-state index is 0.0177. The molecule has 2 nitrogen and oxygen atoms in total. The van der Waals surface area contributed by atoms with E-state index < -0.39 is 11.6 Å². The van der Waals surface area contributed by atoms with Crippen LogP contribution in [0.4, 0.5) is 14.6 Å². The van der Waals surface area contributed by atoms with Crippen molar-refractivity contribution >= 4 is 5.82 Å². The molecule has 0 aliphatic rings. The van der Waals surface area contributed by atoms with Crippen molar-refractivity contribution in [2.45, 2.75) is 6.92 Å². The van der Waals surface area contributed by atoms with Crippen molar-refractivity contribution in [2.75, 3.05) is 11.9 Å². The van der Waals surface area contributed by atoms with Crippen molar-refractivity contribution in [2.24, 2.45) is 0 Å². The third-order valence-corrected chi connectivity index (χ3v) is 1.33. The second kappa shape index (κ2) is 4.41. The SMILES string of the molecule is CC#CCNc1ncc(F)cc1F. The number of aromatic nitrogens is 1. The fraction of sp³-hybridized carbons (Fsp3) is 0.222. The summed E-state index contributed by atoms with van der Waals surface area (Å²) in [5, 5.41) is 2.61. The molecule has 0 aromatic carbocycles. The summed E-state index contributed by atoms with van der Waals surface area (Å²) in [6.45, 7) is 1.97. The highest BCUT2D eigenvalue weighted by Gasteiger charge is 2.02. The van der Waals surface area contributed by atoms with Gasteiger partial charge < -0.3 is 5.32 Å². The Balaban J connectivity index is 2.70. The molecule has 0 aliphatic heterocycles. The molecule has 0 saturated heterocycles. The zero-order chi connectivity index (χ0) is 9.68. The van der Waals surface area contributed by atoms with Gasteiger partial charge in [0.15, 0.2) is 11.6 Å². The third-order valence-electron chi connectivity index (χ3n) is 1.33. The summed E-state index contributed by atoms with van der Waals surface area (Å²) in [6.07, 6.45) is 0.949. The summed E-state index contributed by atoms with van der Waals surface area (Å²) in [4.78, 5) is 3.52. The van der Waals surface area contributed by atoms with E-state index in [0.29, 0.717) is 6.54 Å². The fourth-order valence-corrected chi connectivity index (χ4v) is 0.761. The van der Waals surface area contributed by atoms with E-state index in [2.05, 4.69) is 22.1 Å². The molecule has 0 saturated carbocycles. The number of hydrogen-bond acceptors (Lipinski definition) is 2. The summed E-state index contributed by atoms with van der Waals surface area (Å²) >= 11 is 0. The van der Waals surface area contributed by atoms with Crippen LogP contribution in [0.3, 0.4) is 0 Å². The van der Waals surface area contributed by atoms with Crippen LogP contribution < -0.4 is 5.32 Å². The van der Waals surface area contributed by atoms with Crippen molar-refractivity contribution in [1.82, 2.24) is 4.98 Å². The maximum atomic E-state index is 12.9. The average molecular weight is 182 g/mol. The van der Waals surface area contributed by atoms with Gasteiger partial charge in [0.1, 0.15) is 5.82 Å². The quantitative estimate of drug-likeness (QED) is 0.705. The largest absolute Gasteiger partial charge is 0.357 e. The monoisotopic (exact) mass is 182 g/mol. The number of rotatable bonds is 2. The first-order valence-corrected chi connectivity index (χ1v) is 3.68. The summed E-state index contributed by atoms with van der Waals surface area (Å²) < 4.78 is 25.2. The molecule has 0 bridgehead atoms. The lowest BCUT2D eigenvalue weighted by Crippen LogP contribution is -2.03. The molecule has 0 spiro atoms. The molecule has 0 aliphatic carbocycles. The van der Waals surface area contributed by atoms with E-state index in [1.54, 1.807) is 6.92 Å². The summed E-state index contributed by atoms with van der Waals surface area (Å²) in [5.74, 6) is 3.93. The molecule has 0 amide bonds. The summed E-state index contributed by atoms with van der Waals surface area (Å²) in [7, 11) is 0. The Morgan fingerprint density at radius 3 is 2.92 bits per heavy atom. The first-order valence-electron chi connectivity index (χ1n) is 3.68. The molecule has 1 aromatic heterocycles. The Morgan fingerprint density at radius 2 is 2.31 bits per heavy atom. The molecule has 0 radical (unpaired) electrons. The van der Waals surface area contributed by atoms with Crippen LogP contribution in [-0.2, 0) is 0 Å². The lowest BCUT2D eigenvalue weighted by molar-refractivity contribution is 0.576. The van der Waals surface area contributed by atoms with Crippen LogP contribution in [0, 0.1) is 23.5 Å². The molecule has 1 heterocycles. The van der Waals surface area contributed by atoms with Crippen LogP contribution in [0.25, 0.3) is 0 Å². The van der Waals surface area contributed by atoms with Crippen molar-refractivity contribution in [3.63, 3.8) is 0 Å². The van der Waals surface area contributed by atoms with Gasteiger partial charge in [-0.05, 0) is 6.92 Å². The Kier molecular flexibility index (Phi) is 3.21. The Hall–Kier alpha value is -1.63. The Labute approximate surface area is 75.0 Å². The predicted octanol–water partition coefficient (Wildman–Crippen LogP) is 1.79. The zero-order valence-corrected chi connectivity index (χ0v) is 7.06. The molecule has 0 fully saturated rings. The minimum Gasteiger partial charge on any atom is -0.357 e. The van der Waals surface area contributed by atoms with Gasteiger partial charge in [-0.25, -0.2) is 13.8 Å². The van der Waals surface area contributed by atoms with E-state index in [1.165, 1.54) is 0 Å². The zero-order valence-electron chi connectivity index (χ0n) is 7.06. The van der Waals surface area contributed by atoms with Crippen molar-refractivity contribution in [3.8, 4) is 11.8 Å². The normalized spacial score (nSPS) is 8.85. The molecular weight excluding hydrogens is 174 g/mol. The van der Waals surface area contributed by atoms with Crippen molar-refractivity contribution < 1.29 is 8.78 Å². The van der Waals surface area contributed by atoms with Crippen molar-refractivity contribution in [3.05, 3.63) is 23.9 Å². The maximum Gasteiger partial charge on any atom is 0.168 e. The molecule has 13 heavy (non-hydrogen) atoms. The van der Waals surface area contributed by atoms with E-state index >= 15 is 0 Å². The van der Waals surface area contributed by atoms with Gasteiger partial charge in [0.2, 0.25) is 0 Å². The molecule has 68 valence electrons. The van der Waals surface area contributed by atoms with E-state index in [1.807, 2.05) is 0 Å². The minimum atomic E-state index is -0.710. The lowest BCUT2D eigenvalue weighted by atomic mass is 10.4. The molecule has 4 heteroatoms. The van der Waals surface area contributed by atoms with Crippen LogP contribution in [0.15, 0.2) is 12.3 Å². The highest BCUT2D eigenvalue weighted by Crippen LogP contribution is 2.09. The van der Waals surface area contributed by atoms with Gasteiger partial charge in [-0.15, -0.1) is 5.92 Å². The number of hydrogen-bond donors (Lipinski definition) is 1. The van der Waals surface area contributed by atoms with Gasteiger partial charge in [0.05, 0.1) is 12.7 Å². The number of nitrogens with one attached hydrogen (secondary N) is 1. The van der Waals surface area contributed by atoms with Crippen molar-refractivity contribution in [1.29, 1.82) is 0 Å². The van der Waals surface area contributed by atoms with Crippen LogP contribution in [0.1, 0.15) is 6.92 Å².